The Bertz CT molecular complexity index is 265. The van der Waals surface area contributed by atoms with Gasteiger partial charge in [-0.15, -0.1) is 0 Å². The number of carbonyl (C=O) groups is 1. The second-order valence-electron chi connectivity index (χ2n) is 3.91. The molecule has 1 saturated heterocycles. The van der Waals surface area contributed by atoms with Crippen molar-refractivity contribution >= 4 is 23.5 Å². The number of amides is 1. The molecule has 1 aliphatic rings. The maximum absolute atomic E-state index is 11.9. The maximum Gasteiger partial charge on any atom is 0.231 e. The Morgan fingerprint density at radius 1 is 1.75 bits per heavy atom. The van der Waals surface area contributed by atoms with Crippen molar-refractivity contribution in [2.24, 2.45) is 16.8 Å². The molecule has 2 atom stereocenters. The Labute approximate surface area is 99.8 Å². The van der Waals surface area contributed by atoms with Crippen molar-refractivity contribution in [1.29, 1.82) is 0 Å². The summed E-state index contributed by atoms with van der Waals surface area (Å²) >= 11 is 1.85. The fraction of sp³-hybridized carbons (Fsp3) is 0.800. The Balaban J connectivity index is 2.48. The predicted octanol–water partition coefficient (Wildman–Crippen LogP) is 0.771. The predicted molar refractivity (Wildman–Crippen MR) is 65.7 cm³/mol. The molecule has 0 aromatic rings. The van der Waals surface area contributed by atoms with Crippen molar-refractivity contribution in [2.75, 3.05) is 11.5 Å². The van der Waals surface area contributed by atoms with Crippen molar-refractivity contribution in [2.45, 2.75) is 32.2 Å². The van der Waals surface area contributed by atoms with Crippen molar-refractivity contribution in [1.82, 2.24) is 5.32 Å². The summed E-state index contributed by atoms with van der Waals surface area (Å²) in [5.41, 5.74) is 5.47. The lowest BCUT2D eigenvalue weighted by Crippen LogP contribution is -2.45. The molecule has 1 rings (SSSR count). The first-order valence-corrected chi connectivity index (χ1v) is 6.70. The first-order valence-electron chi connectivity index (χ1n) is 5.54. The molecule has 0 saturated carbocycles. The molecule has 0 bridgehead atoms. The molecule has 1 heterocycles. The molecular formula is C10H19N3O2S. The van der Waals surface area contributed by atoms with Crippen molar-refractivity contribution < 1.29 is 10.0 Å². The van der Waals surface area contributed by atoms with Crippen molar-refractivity contribution in [3.63, 3.8) is 0 Å². The summed E-state index contributed by atoms with van der Waals surface area (Å²) < 4.78 is 0. The van der Waals surface area contributed by atoms with Crippen LogP contribution in [-0.4, -0.2) is 34.5 Å². The van der Waals surface area contributed by atoms with Gasteiger partial charge in [0.1, 0.15) is 0 Å². The van der Waals surface area contributed by atoms with E-state index in [1.54, 1.807) is 0 Å². The molecule has 1 amide bonds. The molecular weight excluding hydrogens is 226 g/mol. The molecule has 0 aliphatic carbocycles. The lowest BCUT2D eigenvalue weighted by Gasteiger charge is -2.24. The van der Waals surface area contributed by atoms with E-state index >= 15 is 0 Å². The first kappa shape index (κ1) is 13.2. The van der Waals surface area contributed by atoms with E-state index in [1.807, 2.05) is 18.7 Å². The average Bonchev–Trinajstić information content (AvgIpc) is 2.31. The molecule has 16 heavy (non-hydrogen) atoms. The van der Waals surface area contributed by atoms with Gasteiger partial charge in [0, 0.05) is 11.8 Å². The van der Waals surface area contributed by atoms with Crippen LogP contribution in [0.5, 0.6) is 0 Å². The van der Waals surface area contributed by atoms with Gasteiger partial charge < -0.3 is 16.3 Å². The number of rotatable bonds is 4. The Morgan fingerprint density at radius 2 is 2.50 bits per heavy atom. The number of hydrogen-bond donors (Lipinski definition) is 3. The fourth-order valence-electron chi connectivity index (χ4n) is 1.75. The van der Waals surface area contributed by atoms with Gasteiger partial charge in [-0.1, -0.05) is 12.1 Å². The summed E-state index contributed by atoms with van der Waals surface area (Å²) in [7, 11) is 0. The highest BCUT2D eigenvalue weighted by Gasteiger charge is 2.24. The highest BCUT2D eigenvalue weighted by molar-refractivity contribution is 7.99. The summed E-state index contributed by atoms with van der Waals surface area (Å²) in [6, 6.07) is 0.229. The molecule has 0 aromatic heterocycles. The normalized spacial score (nSPS) is 23.8. The van der Waals surface area contributed by atoms with Crippen LogP contribution in [0.1, 0.15) is 26.2 Å². The van der Waals surface area contributed by atoms with Crippen LogP contribution < -0.4 is 11.1 Å². The minimum atomic E-state index is -0.517. The lowest BCUT2D eigenvalue weighted by atomic mass is 10.0. The van der Waals surface area contributed by atoms with E-state index < -0.39 is 5.92 Å². The topological polar surface area (TPSA) is 87.7 Å². The average molecular weight is 245 g/mol. The summed E-state index contributed by atoms with van der Waals surface area (Å²) in [5, 5.41) is 14.4. The van der Waals surface area contributed by atoms with Crippen LogP contribution in [0.3, 0.4) is 0 Å². The second-order valence-corrected chi connectivity index (χ2v) is 5.06. The summed E-state index contributed by atoms with van der Waals surface area (Å²) in [4.78, 5) is 11.9. The smallest absolute Gasteiger partial charge is 0.231 e. The minimum absolute atomic E-state index is 0.0107. The molecule has 1 fully saturated rings. The molecule has 6 heteroatoms. The second kappa shape index (κ2) is 6.62. The monoisotopic (exact) mass is 245 g/mol. The van der Waals surface area contributed by atoms with Gasteiger partial charge in [-0.3, -0.25) is 4.79 Å². The van der Waals surface area contributed by atoms with Gasteiger partial charge in [-0.25, -0.2) is 0 Å². The van der Waals surface area contributed by atoms with Gasteiger partial charge in [0.15, 0.2) is 5.84 Å². The van der Waals surface area contributed by atoms with E-state index in [-0.39, 0.29) is 17.8 Å². The number of nitrogens with one attached hydrogen (secondary N) is 1. The zero-order valence-corrected chi connectivity index (χ0v) is 10.3. The van der Waals surface area contributed by atoms with Crippen LogP contribution in [0.15, 0.2) is 5.16 Å². The summed E-state index contributed by atoms with van der Waals surface area (Å²) in [5.74, 6) is 1.47. The SMILES string of the molecule is CCC(C(=O)NC1CCCSC1)C(N)=NO. The fourth-order valence-corrected chi connectivity index (χ4v) is 2.83. The van der Waals surface area contributed by atoms with Gasteiger partial charge in [-0.2, -0.15) is 11.8 Å². The van der Waals surface area contributed by atoms with Crippen LogP contribution in [0.2, 0.25) is 0 Å². The van der Waals surface area contributed by atoms with E-state index in [0.717, 1.165) is 18.6 Å². The van der Waals surface area contributed by atoms with E-state index in [2.05, 4.69) is 10.5 Å². The maximum atomic E-state index is 11.9. The van der Waals surface area contributed by atoms with Crippen LogP contribution in [-0.2, 0) is 4.79 Å². The van der Waals surface area contributed by atoms with E-state index in [9.17, 15) is 4.79 Å². The number of nitrogens with zero attached hydrogens (tertiary/aromatic N) is 1. The molecule has 92 valence electrons. The van der Waals surface area contributed by atoms with Crippen LogP contribution >= 0.6 is 11.8 Å². The highest BCUT2D eigenvalue weighted by atomic mass is 32.2. The Kier molecular flexibility index (Phi) is 5.45. The molecule has 2 unspecified atom stereocenters. The van der Waals surface area contributed by atoms with Gasteiger partial charge >= 0.3 is 0 Å². The zero-order valence-electron chi connectivity index (χ0n) is 9.48. The third kappa shape index (κ3) is 3.59. The number of nitrogens with two attached hydrogens (primary N) is 1. The number of oxime groups is 1. The van der Waals surface area contributed by atoms with Gasteiger partial charge in [0.05, 0.1) is 5.92 Å². The van der Waals surface area contributed by atoms with Crippen LogP contribution in [0.25, 0.3) is 0 Å². The van der Waals surface area contributed by atoms with Gasteiger partial charge in [-0.05, 0) is 25.0 Å². The highest BCUT2D eigenvalue weighted by Crippen LogP contribution is 2.17. The molecule has 4 N–H and O–H groups in total. The number of thioether (sulfide) groups is 1. The quantitative estimate of drug-likeness (QED) is 0.295. The van der Waals surface area contributed by atoms with Crippen LogP contribution in [0, 0.1) is 5.92 Å². The molecule has 5 nitrogen and oxygen atoms in total. The molecule has 1 aliphatic heterocycles. The van der Waals surface area contributed by atoms with Crippen molar-refractivity contribution in [3.05, 3.63) is 0 Å². The summed E-state index contributed by atoms with van der Waals surface area (Å²) in [6.07, 6.45) is 2.70. The zero-order chi connectivity index (χ0) is 12.0. The van der Waals surface area contributed by atoms with Crippen LogP contribution in [0.4, 0.5) is 0 Å². The lowest BCUT2D eigenvalue weighted by molar-refractivity contribution is -0.123. The minimum Gasteiger partial charge on any atom is -0.409 e. The Morgan fingerprint density at radius 3 is 3.00 bits per heavy atom. The summed E-state index contributed by atoms with van der Waals surface area (Å²) in [6.45, 7) is 1.85. The molecule has 0 radical (unpaired) electrons. The van der Waals surface area contributed by atoms with E-state index in [1.165, 1.54) is 5.75 Å². The Hall–Kier alpha value is -0.910. The third-order valence-electron chi connectivity index (χ3n) is 2.70. The van der Waals surface area contributed by atoms with Gasteiger partial charge in [0.25, 0.3) is 0 Å². The van der Waals surface area contributed by atoms with E-state index in [4.69, 9.17) is 10.9 Å². The number of hydrogen-bond acceptors (Lipinski definition) is 4. The van der Waals surface area contributed by atoms with Crippen molar-refractivity contribution in [3.8, 4) is 0 Å². The number of carbonyl (C=O) groups excluding carboxylic acids is 1. The largest absolute Gasteiger partial charge is 0.409 e. The first-order chi connectivity index (χ1) is 7.69. The third-order valence-corrected chi connectivity index (χ3v) is 3.92. The van der Waals surface area contributed by atoms with Gasteiger partial charge in [0.2, 0.25) is 5.91 Å². The van der Waals surface area contributed by atoms with E-state index in [0.29, 0.717) is 6.42 Å². The molecule has 0 spiro atoms. The molecule has 0 aromatic carbocycles. The number of amidine groups is 1. The standard InChI is InChI=1S/C10H19N3O2S/c1-2-8(9(11)13-15)10(14)12-7-4-3-5-16-6-7/h7-8,15H,2-6H2,1H3,(H2,11,13)(H,12,14).